The zero-order chi connectivity index (χ0) is 12.5. The van der Waals surface area contributed by atoms with Crippen molar-refractivity contribution in [3.05, 3.63) is 63.7 Å². The van der Waals surface area contributed by atoms with E-state index in [0.29, 0.717) is 0 Å². The van der Waals surface area contributed by atoms with Gasteiger partial charge in [-0.25, -0.2) is 4.98 Å². The third kappa shape index (κ3) is 2.12. The number of aryl methyl sites for hydroxylation is 1. The van der Waals surface area contributed by atoms with E-state index in [0.717, 1.165) is 11.2 Å². The van der Waals surface area contributed by atoms with E-state index in [9.17, 15) is 0 Å². The van der Waals surface area contributed by atoms with Crippen molar-refractivity contribution < 1.29 is 0 Å². The lowest BCUT2D eigenvalue weighted by Gasteiger charge is -2.06. The molecule has 88 valence electrons. The number of nitrogens with zero attached hydrogens (tertiary/aromatic N) is 1. The van der Waals surface area contributed by atoms with E-state index in [-0.39, 0.29) is 0 Å². The van der Waals surface area contributed by atoms with Crippen molar-refractivity contribution in [3.8, 4) is 11.3 Å². The molecule has 0 aliphatic heterocycles. The second kappa shape index (κ2) is 4.69. The van der Waals surface area contributed by atoms with E-state index < -0.39 is 0 Å². The number of aromatic nitrogens is 1. The molecule has 0 aliphatic rings. The first-order chi connectivity index (χ1) is 8.74. The highest BCUT2D eigenvalue weighted by Crippen LogP contribution is 2.26. The van der Waals surface area contributed by atoms with Crippen molar-refractivity contribution in [1.29, 1.82) is 0 Å². The third-order valence-corrected chi connectivity index (χ3v) is 3.82. The van der Waals surface area contributed by atoms with Crippen LogP contribution < -0.4 is 0 Å². The molecule has 1 heterocycles. The average molecular weight is 345 g/mol. The summed E-state index contributed by atoms with van der Waals surface area (Å²) in [5.41, 5.74) is 4.56. The summed E-state index contributed by atoms with van der Waals surface area (Å²) in [6.07, 6.45) is 0. The van der Waals surface area contributed by atoms with Crippen molar-refractivity contribution >= 4 is 33.5 Å². The molecule has 1 aromatic heterocycles. The summed E-state index contributed by atoms with van der Waals surface area (Å²) >= 11 is 2.36. The minimum Gasteiger partial charge on any atom is -0.247 e. The lowest BCUT2D eigenvalue weighted by atomic mass is 10.1. The topological polar surface area (TPSA) is 12.9 Å². The van der Waals surface area contributed by atoms with E-state index in [2.05, 4.69) is 72.0 Å². The molecule has 0 atom stereocenters. The molecule has 0 bridgehead atoms. The van der Waals surface area contributed by atoms with Crippen LogP contribution >= 0.6 is 22.6 Å². The zero-order valence-electron chi connectivity index (χ0n) is 10.0. The van der Waals surface area contributed by atoms with Gasteiger partial charge in [-0.1, -0.05) is 48.0 Å². The average Bonchev–Trinajstić information content (AvgIpc) is 2.39. The molecule has 0 N–H and O–H groups in total. The molecule has 3 aromatic rings. The van der Waals surface area contributed by atoms with Crippen molar-refractivity contribution in [2.45, 2.75) is 6.92 Å². The maximum absolute atomic E-state index is 4.77. The predicted octanol–water partition coefficient (Wildman–Crippen LogP) is 4.81. The second-order valence-electron chi connectivity index (χ2n) is 4.38. The molecule has 0 spiro atoms. The molecule has 0 amide bonds. The third-order valence-electron chi connectivity index (χ3n) is 3.00. The van der Waals surface area contributed by atoms with Gasteiger partial charge < -0.3 is 0 Å². The Morgan fingerprint density at radius 3 is 2.44 bits per heavy atom. The van der Waals surface area contributed by atoms with Gasteiger partial charge in [0.1, 0.15) is 0 Å². The van der Waals surface area contributed by atoms with Gasteiger partial charge in [-0.05, 0) is 41.6 Å². The quantitative estimate of drug-likeness (QED) is 0.577. The summed E-state index contributed by atoms with van der Waals surface area (Å²) in [5, 5.41) is 1.19. The number of rotatable bonds is 1. The SMILES string of the molecule is Cc1ccc(-c2nc3ccccc3cc2I)cc1. The predicted molar refractivity (Wildman–Crippen MR) is 84.6 cm³/mol. The van der Waals surface area contributed by atoms with Gasteiger partial charge in [-0.3, -0.25) is 0 Å². The molecule has 0 saturated carbocycles. The zero-order valence-corrected chi connectivity index (χ0v) is 12.2. The number of fused-ring (bicyclic) bond motifs is 1. The normalized spacial score (nSPS) is 10.8. The van der Waals surface area contributed by atoms with Crippen LogP contribution in [0.2, 0.25) is 0 Å². The van der Waals surface area contributed by atoms with Crippen molar-refractivity contribution in [3.63, 3.8) is 0 Å². The number of benzene rings is 2. The number of hydrogen-bond acceptors (Lipinski definition) is 1. The Labute approximate surface area is 120 Å². The number of hydrogen-bond donors (Lipinski definition) is 0. The summed E-state index contributed by atoms with van der Waals surface area (Å²) in [6.45, 7) is 2.10. The van der Waals surface area contributed by atoms with Crippen molar-refractivity contribution in [2.24, 2.45) is 0 Å². The fourth-order valence-electron chi connectivity index (χ4n) is 2.00. The largest absolute Gasteiger partial charge is 0.247 e. The van der Waals surface area contributed by atoms with Crippen LogP contribution in [0.4, 0.5) is 0 Å². The highest BCUT2D eigenvalue weighted by molar-refractivity contribution is 14.1. The summed E-state index contributed by atoms with van der Waals surface area (Å²) in [5.74, 6) is 0. The molecule has 2 heteroatoms. The van der Waals surface area contributed by atoms with E-state index in [1.807, 2.05) is 12.1 Å². The van der Waals surface area contributed by atoms with Crippen molar-refractivity contribution in [1.82, 2.24) is 4.98 Å². The first kappa shape index (κ1) is 11.7. The number of halogens is 1. The highest BCUT2D eigenvalue weighted by atomic mass is 127. The lowest BCUT2D eigenvalue weighted by Crippen LogP contribution is -1.90. The van der Waals surface area contributed by atoms with Gasteiger partial charge in [0, 0.05) is 14.5 Å². The Morgan fingerprint density at radius 1 is 0.944 bits per heavy atom. The fraction of sp³-hybridized carbons (Fsp3) is 0.0625. The highest BCUT2D eigenvalue weighted by Gasteiger charge is 2.06. The summed E-state index contributed by atoms with van der Waals surface area (Å²) in [7, 11) is 0. The molecule has 2 aromatic carbocycles. The molecule has 0 fully saturated rings. The van der Waals surface area contributed by atoms with Gasteiger partial charge in [-0.15, -0.1) is 0 Å². The number of pyridine rings is 1. The van der Waals surface area contributed by atoms with Crippen LogP contribution in [-0.2, 0) is 0 Å². The molecule has 0 aliphatic carbocycles. The fourth-order valence-corrected chi connectivity index (χ4v) is 2.77. The molecule has 0 unspecified atom stereocenters. The van der Waals surface area contributed by atoms with Gasteiger partial charge in [0.2, 0.25) is 0 Å². The molecule has 3 rings (SSSR count). The Balaban J connectivity index is 2.22. The first-order valence-corrected chi connectivity index (χ1v) is 6.94. The molecule has 18 heavy (non-hydrogen) atoms. The summed E-state index contributed by atoms with van der Waals surface area (Å²) in [4.78, 5) is 4.77. The van der Waals surface area contributed by atoms with Crippen LogP contribution in [-0.4, -0.2) is 4.98 Å². The maximum atomic E-state index is 4.77. The molecule has 0 radical (unpaired) electrons. The number of para-hydroxylation sites is 1. The Kier molecular flexibility index (Phi) is 3.04. The second-order valence-corrected chi connectivity index (χ2v) is 5.54. The van der Waals surface area contributed by atoms with Crippen LogP contribution in [0.5, 0.6) is 0 Å². The molecule has 1 nitrogen and oxygen atoms in total. The van der Waals surface area contributed by atoms with Crippen LogP contribution in [0, 0.1) is 10.5 Å². The summed E-state index contributed by atoms with van der Waals surface area (Å²) < 4.78 is 1.19. The van der Waals surface area contributed by atoms with Crippen LogP contribution in [0.25, 0.3) is 22.2 Å². The smallest absolute Gasteiger partial charge is 0.0843 e. The molecular weight excluding hydrogens is 333 g/mol. The maximum Gasteiger partial charge on any atom is 0.0843 e. The molecule has 0 saturated heterocycles. The Morgan fingerprint density at radius 2 is 1.67 bits per heavy atom. The van der Waals surface area contributed by atoms with E-state index in [4.69, 9.17) is 4.98 Å². The van der Waals surface area contributed by atoms with Crippen LogP contribution in [0.1, 0.15) is 5.56 Å². The van der Waals surface area contributed by atoms with Crippen LogP contribution in [0.3, 0.4) is 0 Å². The molecular formula is C16H12IN. The monoisotopic (exact) mass is 345 g/mol. The van der Waals surface area contributed by atoms with Gasteiger partial charge in [0.15, 0.2) is 0 Å². The van der Waals surface area contributed by atoms with Gasteiger partial charge in [0.05, 0.1) is 11.2 Å². The minimum atomic E-state index is 1.05. The summed E-state index contributed by atoms with van der Waals surface area (Å²) in [6, 6.07) is 18.9. The van der Waals surface area contributed by atoms with Crippen molar-refractivity contribution in [2.75, 3.05) is 0 Å². The van der Waals surface area contributed by atoms with Gasteiger partial charge >= 0.3 is 0 Å². The lowest BCUT2D eigenvalue weighted by molar-refractivity contribution is 1.36. The van der Waals surface area contributed by atoms with Crippen LogP contribution in [0.15, 0.2) is 54.6 Å². The Bertz CT molecular complexity index is 702. The van der Waals surface area contributed by atoms with E-state index >= 15 is 0 Å². The Hall–Kier alpha value is -1.42. The minimum absolute atomic E-state index is 1.05. The standard InChI is InChI=1S/C16H12IN/c1-11-6-8-12(9-7-11)16-14(17)10-13-4-2-3-5-15(13)18-16/h2-10H,1H3. The van der Waals surface area contributed by atoms with E-state index in [1.54, 1.807) is 0 Å². The first-order valence-electron chi connectivity index (χ1n) is 5.86. The van der Waals surface area contributed by atoms with Gasteiger partial charge in [-0.2, -0.15) is 0 Å². The van der Waals surface area contributed by atoms with Gasteiger partial charge in [0.25, 0.3) is 0 Å². The van der Waals surface area contributed by atoms with E-state index in [1.165, 1.54) is 20.1 Å².